The van der Waals surface area contributed by atoms with Crippen molar-refractivity contribution in [2.75, 3.05) is 20.3 Å². The molecule has 0 aromatic carbocycles. The van der Waals surface area contributed by atoms with Gasteiger partial charge in [-0.1, -0.05) is 33.3 Å². The Morgan fingerprint density at radius 1 is 1.06 bits per heavy atom. The van der Waals surface area contributed by atoms with Crippen LogP contribution >= 0.6 is 0 Å². The lowest BCUT2D eigenvalue weighted by Crippen LogP contribution is -2.79. The highest BCUT2D eigenvalue weighted by molar-refractivity contribution is 5.97. The molecular weight excluding hydrogens is 664 g/mol. The Morgan fingerprint density at radius 2 is 1.74 bits per heavy atom. The summed E-state index contributed by atoms with van der Waals surface area (Å²) >= 11 is 0. The summed E-state index contributed by atoms with van der Waals surface area (Å²) in [7, 11) is 1.06. The van der Waals surface area contributed by atoms with E-state index in [1.807, 2.05) is 13.8 Å². The first kappa shape index (κ1) is 36.8. The minimum Gasteiger partial charge on any atom is -0.467 e. The number of hydrogen-bond donors (Lipinski definition) is 6. The lowest BCUT2D eigenvalue weighted by atomic mass is 9.38. The Kier molecular flexibility index (Phi) is 9.29. The molecule has 278 valence electrons. The topological polar surface area (TPSA) is 245 Å². The molecule has 16 nitrogen and oxygen atoms in total. The van der Waals surface area contributed by atoms with Crippen LogP contribution in [-0.4, -0.2) is 135 Å². The van der Waals surface area contributed by atoms with E-state index in [0.717, 1.165) is 7.11 Å². The van der Waals surface area contributed by atoms with Gasteiger partial charge in [-0.05, 0) is 36.7 Å². The molecule has 3 aliphatic carbocycles. The van der Waals surface area contributed by atoms with Crippen LogP contribution in [0.15, 0.2) is 23.5 Å². The molecule has 6 N–H and O–H groups in total. The van der Waals surface area contributed by atoms with E-state index in [9.17, 15) is 49.8 Å². The van der Waals surface area contributed by atoms with Gasteiger partial charge in [-0.2, -0.15) is 0 Å². The third kappa shape index (κ3) is 4.94. The van der Waals surface area contributed by atoms with Gasteiger partial charge in [0.05, 0.1) is 32.3 Å². The van der Waals surface area contributed by atoms with Crippen LogP contribution in [0.5, 0.6) is 0 Å². The van der Waals surface area contributed by atoms with Gasteiger partial charge < -0.3 is 59.1 Å². The first-order chi connectivity index (χ1) is 23.4. The number of fused-ring (bicyclic) bond motifs is 2. The summed E-state index contributed by atoms with van der Waals surface area (Å²) in [4.78, 5) is 54.5. The summed E-state index contributed by atoms with van der Waals surface area (Å²) in [5, 5.41) is 64.8. The second-order valence-electron chi connectivity index (χ2n) is 15.1. The molecule has 5 fully saturated rings. The Hall–Kier alpha value is -2.96. The number of carbonyl (C=O) groups excluding carboxylic acids is 4. The van der Waals surface area contributed by atoms with E-state index in [-0.39, 0.29) is 24.7 Å². The molecule has 0 aromatic heterocycles. The number of rotatable bonds is 7. The van der Waals surface area contributed by atoms with E-state index >= 15 is 0 Å². The van der Waals surface area contributed by atoms with Crippen molar-refractivity contribution in [3.63, 3.8) is 0 Å². The van der Waals surface area contributed by atoms with Crippen molar-refractivity contribution in [2.24, 2.45) is 40.4 Å². The zero-order chi connectivity index (χ0) is 36.8. The fourth-order valence-corrected chi connectivity index (χ4v) is 9.69. The third-order valence-electron chi connectivity index (χ3n) is 12.4. The zero-order valence-corrected chi connectivity index (χ0v) is 28.6. The predicted octanol–water partition coefficient (Wildman–Crippen LogP) is -1.73. The summed E-state index contributed by atoms with van der Waals surface area (Å²) in [5.41, 5.74) is -4.45. The Balaban J connectivity index is 1.47. The summed E-state index contributed by atoms with van der Waals surface area (Å²) < 4.78 is 34.4. The summed E-state index contributed by atoms with van der Waals surface area (Å²) in [6.07, 6.45) is -12.2. The number of aliphatic hydroxyl groups excluding tert-OH is 6. The van der Waals surface area contributed by atoms with Gasteiger partial charge in [-0.25, -0.2) is 14.4 Å². The van der Waals surface area contributed by atoms with Crippen LogP contribution in [0.3, 0.4) is 0 Å². The number of carbonyl (C=O) groups is 4. The SMILES string of the molecule is COC(=O)[C@@]12OC[C@]34[C@H]([C@@H](O)[C@@H]1O)[C@@]1(C)C=C(O[C@@H]5O[C@H](CO)[C@@H](O)[C@H](O)[C@H]5O)C(=O)[C@@H](C)[C@@H]1C[C@H]3OC(=O)[C@H](OC(=O)/C=C(\C)C(C)C)[C@@H]24. The van der Waals surface area contributed by atoms with E-state index in [4.69, 9.17) is 28.4 Å². The number of aliphatic hydroxyl groups is 6. The van der Waals surface area contributed by atoms with Gasteiger partial charge in [-0.15, -0.1) is 0 Å². The standard InChI is InChI=1S/C34H46O16/c1-12(2)13(3)7-19(36)50-25-27-33-11-46-34(27,31(44)45-6)28(42)24(41)26(33)32(5)9-16(20(37)14(4)15(32)8-18(33)49-29(25)43)47-30-23(40)22(39)21(38)17(10-35)48-30/h7,9,12,14-15,17-18,21-28,30,35,38-42H,8,10-11H2,1-6H3/b13-7+/t14-,15-,17+,18+,21+,22-,23+,24+,25+,26+,27+,28-,30+,32-,33+,34-/m0/s1. The quantitative estimate of drug-likeness (QED) is 0.0976. The van der Waals surface area contributed by atoms with Gasteiger partial charge in [0.2, 0.25) is 18.0 Å². The third-order valence-corrected chi connectivity index (χ3v) is 12.4. The average molecular weight is 711 g/mol. The van der Waals surface area contributed by atoms with Crippen LogP contribution in [0, 0.1) is 40.4 Å². The van der Waals surface area contributed by atoms with E-state index in [1.54, 1.807) is 20.8 Å². The van der Waals surface area contributed by atoms with E-state index in [2.05, 4.69) is 0 Å². The first-order valence-corrected chi connectivity index (χ1v) is 16.8. The molecule has 50 heavy (non-hydrogen) atoms. The Labute approximate surface area is 287 Å². The normalized spacial score (nSPS) is 48.2. The van der Waals surface area contributed by atoms with Gasteiger partial charge in [0.1, 0.15) is 36.6 Å². The second-order valence-corrected chi connectivity index (χ2v) is 15.1. The number of hydrogen-bond acceptors (Lipinski definition) is 16. The van der Waals surface area contributed by atoms with E-state index in [0.29, 0.717) is 5.57 Å². The molecule has 3 saturated heterocycles. The van der Waals surface area contributed by atoms with E-state index in [1.165, 1.54) is 12.2 Å². The fourth-order valence-electron chi connectivity index (χ4n) is 9.69. The van der Waals surface area contributed by atoms with Crippen LogP contribution in [0.2, 0.25) is 0 Å². The molecule has 16 atom stereocenters. The van der Waals surface area contributed by atoms with Crippen LogP contribution in [0.4, 0.5) is 0 Å². The zero-order valence-electron chi connectivity index (χ0n) is 28.6. The molecule has 1 spiro atoms. The summed E-state index contributed by atoms with van der Waals surface area (Å²) in [6, 6.07) is 0. The fraction of sp³-hybridized carbons (Fsp3) is 0.765. The average Bonchev–Trinajstić information content (AvgIpc) is 3.38. The van der Waals surface area contributed by atoms with Gasteiger partial charge in [0.25, 0.3) is 0 Å². The van der Waals surface area contributed by atoms with Gasteiger partial charge in [-0.3, -0.25) is 4.79 Å². The van der Waals surface area contributed by atoms with Crippen molar-refractivity contribution >= 4 is 23.7 Å². The minimum absolute atomic E-state index is 0.0294. The van der Waals surface area contributed by atoms with Gasteiger partial charge in [0, 0.05) is 23.3 Å². The molecule has 6 aliphatic rings. The summed E-state index contributed by atoms with van der Waals surface area (Å²) in [5.74, 6) is -7.88. The van der Waals surface area contributed by atoms with Gasteiger partial charge in [0.15, 0.2) is 11.5 Å². The minimum atomic E-state index is -2.34. The lowest BCUT2D eigenvalue weighted by Gasteiger charge is -2.67. The molecule has 0 aromatic rings. The smallest absolute Gasteiger partial charge is 0.348 e. The highest BCUT2D eigenvalue weighted by atomic mass is 16.7. The number of esters is 3. The molecule has 3 heterocycles. The van der Waals surface area contributed by atoms with Crippen LogP contribution in [0.1, 0.15) is 41.0 Å². The molecular formula is C34H46O16. The van der Waals surface area contributed by atoms with Crippen molar-refractivity contribution in [3.05, 3.63) is 23.5 Å². The van der Waals surface area contributed by atoms with Crippen LogP contribution in [0.25, 0.3) is 0 Å². The Bertz CT molecular complexity index is 1490. The molecule has 0 amide bonds. The molecule has 2 bridgehead atoms. The predicted molar refractivity (Wildman–Crippen MR) is 164 cm³/mol. The van der Waals surface area contributed by atoms with Crippen molar-refractivity contribution in [1.82, 2.24) is 0 Å². The second kappa shape index (κ2) is 12.6. The molecule has 2 saturated carbocycles. The molecule has 6 rings (SSSR count). The maximum atomic E-state index is 13.8. The van der Waals surface area contributed by atoms with Crippen LogP contribution in [-0.2, 0) is 47.6 Å². The van der Waals surface area contributed by atoms with E-state index < -0.39 is 126 Å². The maximum Gasteiger partial charge on any atom is 0.348 e. The Morgan fingerprint density at radius 3 is 2.36 bits per heavy atom. The van der Waals surface area contributed by atoms with Crippen LogP contribution < -0.4 is 0 Å². The first-order valence-electron chi connectivity index (χ1n) is 16.8. The number of ketones is 1. The number of Topliss-reactive ketones (excluding diaryl/α,β-unsaturated/α-hetero) is 1. The highest BCUT2D eigenvalue weighted by Crippen LogP contribution is 2.72. The molecule has 16 heteroatoms. The summed E-state index contributed by atoms with van der Waals surface area (Å²) in [6.45, 7) is 7.69. The molecule has 3 aliphatic heterocycles. The highest BCUT2D eigenvalue weighted by Gasteiger charge is 2.85. The molecule has 0 unspecified atom stereocenters. The molecule has 0 radical (unpaired) electrons. The van der Waals surface area contributed by atoms with Crippen molar-refractivity contribution in [2.45, 2.75) is 102 Å². The number of ether oxygens (including phenoxy) is 6. The van der Waals surface area contributed by atoms with Crippen molar-refractivity contribution in [1.29, 1.82) is 0 Å². The number of methoxy groups -OCH3 is 1. The number of allylic oxidation sites excluding steroid dienone is 3. The maximum absolute atomic E-state index is 13.8. The largest absolute Gasteiger partial charge is 0.467 e. The van der Waals surface area contributed by atoms with Crippen molar-refractivity contribution in [3.8, 4) is 0 Å². The van der Waals surface area contributed by atoms with Gasteiger partial charge >= 0.3 is 17.9 Å². The lowest BCUT2D eigenvalue weighted by molar-refractivity contribution is -0.296. The van der Waals surface area contributed by atoms with Crippen molar-refractivity contribution < 1.29 is 78.2 Å². The monoisotopic (exact) mass is 710 g/mol.